The van der Waals surface area contributed by atoms with Crippen LogP contribution in [0.25, 0.3) is 0 Å². The maximum Gasteiger partial charge on any atom is 0.387 e. The molecule has 12 heteroatoms. The second-order valence-corrected chi connectivity index (χ2v) is 6.48. The van der Waals surface area contributed by atoms with Crippen LogP contribution in [0.1, 0.15) is 0 Å². The number of hydrogen-bond acceptors (Lipinski definition) is 2. The molecule has 0 aromatic carbocycles. The number of halogens is 7. The molecule has 0 aliphatic carbocycles. The van der Waals surface area contributed by atoms with Crippen molar-refractivity contribution in [1.82, 2.24) is 0 Å². The summed E-state index contributed by atoms with van der Waals surface area (Å²) in [6, 6.07) is 0. The first-order valence-corrected chi connectivity index (χ1v) is 6.07. The summed E-state index contributed by atoms with van der Waals surface area (Å²) in [5.41, 5.74) is 0. The summed E-state index contributed by atoms with van der Waals surface area (Å²) < 4.78 is 108. The van der Waals surface area contributed by atoms with Crippen molar-refractivity contribution in [3.63, 3.8) is 0 Å². The summed E-state index contributed by atoms with van der Waals surface area (Å²) in [7, 11) is -17.1. The Balaban J connectivity index is 5.29. The summed E-state index contributed by atoms with van der Waals surface area (Å²) in [4.78, 5) is 0. The molecular weight excluding hydrogens is 269 g/mol. The van der Waals surface area contributed by atoms with Gasteiger partial charge in [0.1, 0.15) is 0 Å². The highest BCUT2D eigenvalue weighted by Gasteiger charge is 2.71. The Hall–Kier alpha value is -0.230. The van der Waals surface area contributed by atoms with Gasteiger partial charge in [-0.1, -0.05) is 19.4 Å². The van der Waals surface area contributed by atoms with E-state index in [0.29, 0.717) is 0 Å². The average Bonchev–Trinajstić information content (AvgIpc) is 1.46. The van der Waals surface area contributed by atoms with Crippen LogP contribution in [0.2, 0.25) is 0 Å². The van der Waals surface area contributed by atoms with Gasteiger partial charge >= 0.3 is 15.4 Å². The molecular formula is C2H3F7O3S2. The lowest BCUT2D eigenvalue weighted by molar-refractivity contribution is 0.0950. The van der Waals surface area contributed by atoms with E-state index < -0.39 is 31.3 Å². The molecule has 0 radical (unpaired) electrons. The Morgan fingerprint density at radius 1 is 1.07 bits per heavy atom. The Kier molecular flexibility index (Phi) is 2.26. The molecule has 90 valence electrons. The summed E-state index contributed by atoms with van der Waals surface area (Å²) in [5.74, 6) is -4.17. The molecule has 0 fully saturated rings. The molecule has 0 spiro atoms. The van der Waals surface area contributed by atoms with Gasteiger partial charge in [0.15, 0.2) is 5.75 Å². The molecule has 0 aromatic heterocycles. The molecule has 0 bridgehead atoms. The van der Waals surface area contributed by atoms with Gasteiger partial charge < -0.3 is 0 Å². The van der Waals surface area contributed by atoms with Crippen molar-refractivity contribution in [2.45, 2.75) is 5.25 Å². The van der Waals surface area contributed by atoms with Crippen LogP contribution in [-0.4, -0.2) is 24.0 Å². The van der Waals surface area contributed by atoms with E-state index in [1.165, 1.54) is 0 Å². The van der Waals surface area contributed by atoms with Crippen molar-refractivity contribution < 1.29 is 41.2 Å². The molecule has 0 saturated heterocycles. The second-order valence-electron chi connectivity index (χ2n) is 2.39. The van der Waals surface area contributed by atoms with Crippen LogP contribution in [0.5, 0.6) is 0 Å². The van der Waals surface area contributed by atoms with Crippen molar-refractivity contribution in [3.05, 3.63) is 0 Å². The minimum atomic E-state index is -10.6. The van der Waals surface area contributed by atoms with Crippen LogP contribution in [-0.2, 0) is 10.1 Å². The normalized spacial score (nSPS) is 20.0. The Morgan fingerprint density at radius 2 is 1.36 bits per heavy atom. The first-order chi connectivity index (χ1) is 5.43. The molecule has 0 aliphatic rings. The molecule has 0 aromatic rings. The third-order valence-electron chi connectivity index (χ3n) is 0.818. The van der Waals surface area contributed by atoms with Gasteiger partial charge in [-0.15, -0.1) is 0 Å². The van der Waals surface area contributed by atoms with Crippen LogP contribution in [0.4, 0.5) is 28.2 Å². The molecule has 3 nitrogen and oxygen atoms in total. The highest BCUT2D eigenvalue weighted by molar-refractivity contribution is 8.46. The van der Waals surface area contributed by atoms with Gasteiger partial charge in [-0.2, -0.15) is 17.2 Å². The van der Waals surface area contributed by atoms with Gasteiger partial charge in [0.05, 0.1) is 0 Å². The molecule has 0 rings (SSSR count). The van der Waals surface area contributed by atoms with Gasteiger partial charge in [-0.05, 0) is 0 Å². The maximum absolute atomic E-state index is 11.9. The molecule has 1 N–H and O–H groups in total. The Morgan fingerprint density at radius 3 is 1.43 bits per heavy atom. The third kappa shape index (κ3) is 4.85. The molecule has 0 heterocycles. The van der Waals surface area contributed by atoms with Crippen LogP contribution in [0.3, 0.4) is 0 Å². The van der Waals surface area contributed by atoms with Gasteiger partial charge in [0, 0.05) is 0 Å². The second kappa shape index (κ2) is 2.29. The highest BCUT2D eigenvalue weighted by atomic mass is 32.5. The molecule has 0 aliphatic heterocycles. The SMILES string of the molecule is O=S(=O)(O)C(F)(F)CS(F)(F)(F)(F)F. The first kappa shape index (κ1) is 13.8. The van der Waals surface area contributed by atoms with Crippen LogP contribution >= 0.6 is 10.2 Å². The minimum absolute atomic E-state index is 4.17. The van der Waals surface area contributed by atoms with Crippen molar-refractivity contribution >= 4 is 20.3 Å². The fourth-order valence-electron chi connectivity index (χ4n) is 0.392. The van der Waals surface area contributed by atoms with Gasteiger partial charge in [-0.3, -0.25) is 4.55 Å². The first-order valence-electron chi connectivity index (χ1n) is 2.51. The van der Waals surface area contributed by atoms with E-state index in [-0.39, 0.29) is 0 Å². The van der Waals surface area contributed by atoms with E-state index in [1.54, 1.807) is 0 Å². The van der Waals surface area contributed by atoms with Gasteiger partial charge in [0.2, 0.25) is 0 Å². The van der Waals surface area contributed by atoms with E-state index in [9.17, 15) is 36.6 Å². The molecule has 0 amide bonds. The monoisotopic (exact) mass is 272 g/mol. The molecule has 0 unspecified atom stereocenters. The zero-order chi connectivity index (χ0) is 12.1. The van der Waals surface area contributed by atoms with Crippen LogP contribution < -0.4 is 0 Å². The maximum atomic E-state index is 11.9. The predicted octanol–water partition coefficient (Wildman–Crippen LogP) is 2.77. The van der Waals surface area contributed by atoms with Crippen molar-refractivity contribution in [3.8, 4) is 0 Å². The van der Waals surface area contributed by atoms with E-state index in [1.807, 2.05) is 0 Å². The van der Waals surface area contributed by atoms with Crippen molar-refractivity contribution in [2.75, 3.05) is 5.75 Å². The van der Waals surface area contributed by atoms with Crippen molar-refractivity contribution in [1.29, 1.82) is 0 Å². The zero-order valence-electron chi connectivity index (χ0n) is 5.93. The largest absolute Gasteiger partial charge is 0.387 e. The lowest BCUT2D eigenvalue weighted by Crippen LogP contribution is -2.37. The summed E-state index contributed by atoms with van der Waals surface area (Å²) in [6.45, 7) is 0. The lowest BCUT2D eigenvalue weighted by Gasteiger charge is -2.41. The zero-order valence-corrected chi connectivity index (χ0v) is 7.57. The molecule has 14 heavy (non-hydrogen) atoms. The molecule has 0 atom stereocenters. The van der Waals surface area contributed by atoms with E-state index in [4.69, 9.17) is 4.55 Å². The molecule has 0 saturated carbocycles. The van der Waals surface area contributed by atoms with E-state index in [2.05, 4.69) is 0 Å². The van der Waals surface area contributed by atoms with E-state index >= 15 is 0 Å². The van der Waals surface area contributed by atoms with Gasteiger partial charge in [0.25, 0.3) is 10.2 Å². The minimum Gasteiger partial charge on any atom is -0.281 e. The number of alkyl halides is 2. The predicted molar refractivity (Wildman–Crippen MR) is 34.5 cm³/mol. The fourth-order valence-corrected chi connectivity index (χ4v) is 2.29. The topological polar surface area (TPSA) is 54.4 Å². The number of hydrogen-bond donors (Lipinski definition) is 1. The summed E-state index contributed by atoms with van der Waals surface area (Å²) in [5, 5.41) is -5.95. The van der Waals surface area contributed by atoms with Gasteiger partial charge in [-0.25, -0.2) is 0 Å². The number of rotatable bonds is 3. The summed E-state index contributed by atoms with van der Waals surface area (Å²) in [6.07, 6.45) is 0. The lowest BCUT2D eigenvalue weighted by atomic mass is 10.8. The third-order valence-corrected chi connectivity index (χ3v) is 2.81. The van der Waals surface area contributed by atoms with E-state index in [0.717, 1.165) is 0 Å². The summed E-state index contributed by atoms with van der Waals surface area (Å²) >= 11 is 0. The van der Waals surface area contributed by atoms with Crippen molar-refractivity contribution in [2.24, 2.45) is 0 Å². The standard InChI is InChI=1S/C2H3F7O3S2/c3-2(4,13(10,11)12)1-14(5,6,7,8)9/h1H2,(H,10,11,12). The van der Waals surface area contributed by atoms with Crippen LogP contribution in [0.15, 0.2) is 0 Å². The smallest absolute Gasteiger partial charge is 0.281 e. The fraction of sp³-hybridized carbons (Fsp3) is 1.00. The Labute approximate surface area is 73.4 Å². The highest BCUT2D eigenvalue weighted by Crippen LogP contribution is 2.98. The van der Waals surface area contributed by atoms with Crippen LogP contribution in [0, 0.1) is 0 Å². The Bertz CT molecular complexity index is 336. The quantitative estimate of drug-likeness (QED) is 0.635. The average molecular weight is 272 g/mol.